The van der Waals surface area contributed by atoms with E-state index < -0.39 is 0 Å². The molecule has 0 unspecified atom stereocenters. The SMILES string of the molecule is C[C@@]1(c2ccccc2)CCN(Cc2ccccc2)C1=O. The molecule has 1 aliphatic rings. The molecule has 1 saturated heterocycles. The summed E-state index contributed by atoms with van der Waals surface area (Å²) >= 11 is 0. The van der Waals surface area contributed by atoms with Gasteiger partial charge >= 0.3 is 0 Å². The van der Waals surface area contributed by atoms with Gasteiger partial charge < -0.3 is 4.90 Å². The van der Waals surface area contributed by atoms with Crippen LogP contribution < -0.4 is 0 Å². The van der Waals surface area contributed by atoms with E-state index in [1.54, 1.807) is 0 Å². The zero-order valence-electron chi connectivity index (χ0n) is 11.8. The second kappa shape index (κ2) is 5.12. The molecule has 1 atom stereocenters. The molecule has 0 N–H and O–H groups in total. The fourth-order valence-electron chi connectivity index (χ4n) is 2.94. The number of benzene rings is 2. The van der Waals surface area contributed by atoms with Crippen LogP contribution in [-0.2, 0) is 16.8 Å². The molecular formula is C18H19NO. The molecule has 0 spiro atoms. The van der Waals surface area contributed by atoms with Crippen molar-refractivity contribution in [2.75, 3.05) is 6.54 Å². The van der Waals surface area contributed by atoms with Crippen LogP contribution in [0.25, 0.3) is 0 Å². The number of likely N-dealkylation sites (tertiary alicyclic amines) is 1. The van der Waals surface area contributed by atoms with Crippen molar-refractivity contribution in [1.82, 2.24) is 4.90 Å². The number of carbonyl (C=O) groups excluding carboxylic acids is 1. The molecule has 1 amide bonds. The van der Waals surface area contributed by atoms with E-state index in [2.05, 4.69) is 31.2 Å². The highest BCUT2D eigenvalue weighted by atomic mass is 16.2. The van der Waals surface area contributed by atoms with Crippen LogP contribution in [0.3, 0.4) is 0 Å². The molecule has 20 heavy (non-hydrogen) atoms. The van der Waals surface area contributed by atoms with Crippen molar-refractivity contribution in [3.8, 4) is 0 Å². The second-order valence-electron chi connectivity index (χ2n) is 5.66. The predicted octanol–water partition coefficient (Wildman–Crippen LogP) is 3.38. The van der Waals surface area contributed by atoms with Gasteiger partial charge in [-0.15, -0.1) is 0 Å². The lowest BCUT2D eigenvalue weighted by atomic mass is 9.81. The molecule has 1 aliphatic heterocycles. The molecule has 0 aliphatic carbocycles. The Morgan fingerprint density at radius 1 is 1.00 bits per heavy atom. The van der Waals surface area contributed by atoms with Crippen LogP contribution in [0.15, 0.2) is 60.7 Å². The zero-order valence-corrected chi connectivity index (χ0v) is 11.8. The van der Waals surface area contributed by atoms with Gasteiger partial charge in [-0.3, -0.25) is 4.79 Å². The summed E-state index contributed by atoms with van der Waals surface area (Å²) in [5.74, 6) is 0.243. The Morgan fingerprint density at radius 2 is 1.60 bits per heavy atom. The second-order valence-corrected chi connectivity index (χ2v) is 5.66. The minimum Gasteiger partial charge on any atom is -0.338 e. The predicted molar refractivity (Wildman–Crippen MR) is 80.3 cm³/mol. The first-order valence-corrected chi connectivity index (χ1v) is 7.09. The molecule has 3 rings (SSSR count). The van der Waals surface area contributed by atoms with E-state index >= 15 is 0 Å². The molecule has 0 aromatic heterocycles. The number of nitrogens with zero attached hydrogens (tertiary/aromatic N) is 1. The van der Waals surface area contributed by atoms with Crippen molar-refractivity contribution in [3.05, 3.63) is 71.8 Å². The molecule has 102 valence electrons. The Kier molecular flexibility index (Phi) is 3.31. The third kappa shape index (κ3) is 2.22. The standard InChI is InChI=1S/C18H19NO/c1-18(16-10-6-3-7-11-16)12-13-19(17(18)20)14-15-8-4-2-5-9-15/h2-11H,12-14H2,1H3/t18-/m0/s1. The molecule has 0 bridgehead atoms. The van der Waals surface area contributed by atoms with Gasteiger partial charge in [0.1, 0.15) is 0 Å². The summed E-state index contributed by atoms with van der Waals surface area (Å²) in [4.78, 5) is 14.7. The number of carbonyl (C=O) groups is 1. The molecule has 0 radical (unpaired) electrons. The fourth-order valence-corrected chi connectivity index (χ4v) is 2.94. The van der Waals surface area contributed by atoms with Crippen LogP contribution in [0, 0.1) is 0 Å². The maximum Gasteiger partial charge on any atom is 0.233 e. The van der Waals surface area contributed by atoms with E-state index in [4.69, 9.17) is 0 Å². The maximum absolute atomic E-state index is 12.8. The van der Waals surface area contributed by atoms with Crippen molar-refractivity contribution in [2.45, 2.75) is 25.3 Å². The van der Waals surface area contributed by atoms with Crippen molar-refractivity contribution in [1.29, 1.82) is 0 Å². The number of hydrogen-bond acceptors (Lipinski definition) is 1. The summed E-state index contributed by atoms with van der Waals surface area (Å²) in [6, 6.07) is 20.3. The van der Waals surface area contributed by atoms with Crippen LogP contribution in [-0.4, -0.2) is 17.4 Å². The summed E-state index contributed by atoms with van der Waals surface area (Å²) < 4.78 is 0. The number of rotatable bonds is 3. The van der Waals surface area contributed by atoms with Crippen LogP contribution >= 0.6 is 0 Å². The van der Waals surface area contributed by atoms with Gasteiger partial charge in [0.05, 0.1) is 5.41 Å². The van der Waals surface area contributed by atoms with Crippen molar-refractivity contribution in [2.24, 2.45) is 0 Å². The molecule has 0 saturated carbocycles. The van der Waals surface area contributed by atoms with Gasteiger partial charge in [-0.25, -0.2) is 0 Å². The van der Waals surface area contributed by atoms with E-state index in [1.807, 2.05) is 41.3 Å². The number of amides is 1. The Hall–Kier alpha value is -2.09. The van der Waals surface area contributed by atoms with Crippen LogP contribution in [0.2, 0.25) is 0 Å². The van der Waals surface area contributed by atoms with Crippen LogP contribution in [0.5, 0.6) is 0 Å². The largest absolute Gasteiger partial charge is 0.338 e. The Labute approximate surface area is 120 Å². The summed E-state index contributed by atoms with van der Waals surface area (Å²) in [5.41, 5.74) is 1.95. The average molecular weight is 265 g/mol. The summed E-state index contributed by atoms with van der Waals surface area (Å²) in [5, 5.41) is 0. The molecular weight excluding hydrogens is 246 g/mol. The first-order valence-electron chi connectivity index (χ1n) is 7.09. The number of hydrogen-bond donors (Lipinski definition) is 0. The fraction of sp³-hybridized carbons (Fsp3) is 0.278. The molecule has 2 aromatic carbocycles. The molecule has 1 heterocycles. The van der Waals surface area contributed by atoms with Gasteiger partial charge in [0.25, 0.3) is 0 Å². The molecule has 2 nitrogen and oxygen atoms in total. The third-order valence-corrected chi connectivity index (χ3v) is 4.27. The summed E-state index contributed by atoms with van der Waals surface area (Å²) in [6.45, 7) is 3.61. The van der Waals surface area contributed by atoms with Gasteiger partial charge in [0.2, 0.25) is 5.91 Å². The lowest BCUT2D eigenvalue weighted by Gasteiger charge is -2.24. The highest BCUT2D eigenvalue weighted by molar-refractivity contribution is 5.89. The maximum atomic E-state index is 12.8. The molecule has 2 aromatic rings. The lowest BCUT2D eigenvalue weighted by Crippen LogP contribution is -2.35. The van der Waals surface area contributed by atoms with Gasteiger partial charge in [-0.1, -0.05) is 60.7 Å². The zero-order chi connectivity index (χ0) is 14.0. The van der Waals surface area contributed by atoms with Gasteiger partial charge in [0, 0.05) is 13.1 Å². The van der Waals surface area contributed by atoms with E-state index in [9.17, 15) is 4.79 Å². The average Bonchev–Trinajstić information content (AvgIpc) is 2.79. The van der Waals surface area contributed by atoms with Crippen LogP contribution in [0.1, 0.15) is 24.5 Å². The quantitative estimate of drug-likeness (QED) is 0.833. The first kappa shape index (κ1) is 12.9. The topological polar surface area (TPSA) is 20.3 Å². The van der Waals surface area contributed by atoms with Crippen LogP contribution in [0.4, 0.5) is 0 Å². The third-order valence-electron chi connectivity index (χ3n) is 4.27. The molecule has 2 heteroatoms. The van der Waals surface area contributed by atoms with Crippen molar-refractivity contribution in [3.63, 3.8) is 0 Å². The van der Waals surface area contributed by atoms with E-state index in [0.29, 0.717) is 6.54 Å². The summed E-state index contributed by atoms with van der Waals surface area (Å²) in [7, 11) is 0. The molecule has 1 fully saturated rings. The van der Waals surface area contributed by atoms with E-state index in [1.165, 1.54) is 5.56 Å². The Morgan fingerprint density at radius 3 is 2.25 bits per heavy atom. The monoisotopic (exact) mass is 265 g/mol. The van der Waals surface area contributed by atoms with E-state index in [-0.39, 0.29) is 11.3 Å². The van der Waals surface area contributed by atoms with Gasteiger partial charge in [-0.2, -0.15) is 0 Å². The minimum atomic E-state index is -0.365. The normalized spacial score (nSPS) is 22.2. The highest BCUT2D eigenvalue weighted by Gasteiger charge is 2.43. The van der Waals surface area contributed by atoms with E-state index in [0.717, 1.165) is 18.5 Å². The van der Waals surface area contributed by atoms with Crippen molar-refractivity contribution >= 4 is 5.91 Å². The smallest absolute Gasteiger partial charge is 0.233 e. The van der Waals surface area contributed by atoms with Gasteiger partial charge in [-0.05, 0) is 24.5 Å². The Balaban J connectivity index is 1.81. The minimum absolute atomic E-state index is 0.243. The Bertz CT molecular complexity index is 593. The van der Waals surface area contributed by atoms with Crippen molar-refractivity contribution < 1.29 is 4.79 Å². The first-order chi connectivity index (χ1) is 9.70. The highest BCUT2D eigenvalue weighted by Crippen LogP contribution is 2.35. The summed E-state index contributed by atoms with van der Waals surface area (Å²) in [6.07, 6.45) is 0.892. The lowest BCUT2D eigenvalue weighted by molar-refractivity contribution is -0.132. The van der Waals surface area contributed by atoms with Gasteiger partial charge in [0.15, 0.2) is 0 Å².